The zero-order chi connectivity index (χ0) is 22.4. The van der Waals surface area contributed by atoms with E-state index in [-0.39, 0.29) is 17.1 Å². The van der Waals surface area contributed by atoms with Gasteiger partial charge in [-0.3, -0.25) is 14.5 Å². The summed E-state index contributed by atoms with van der Waals surface area (Å²) in [4.78, 5) is 27.9. The van der Waals surface area contributed by atoms with Crippen LogP contribution in [0.5, 0.6) is 5.75 Å². The Kier molecular flexibility index (Phi) is 4.72. The minimum Gasteiger partial charge on any atom is -0.508 e. The summed E-state index contributed by atoms with van der Waals surface area (Å²) >= 11 is 6.13. The molecule has 4 aromatic rings. The van der Waals surface area contributed by atoms with Crippen LogP contribution >= 0.6 is 11.6 Å². The lowest BCUT2D eigenvalue weighted by atomic mass is 9.94. The van der Waals surface area contributed by atoms with E-state index in [1.165, 1.54) is 17.0 Å². The van der Waals surface area contributed by atoms with Crippen LogP contribution in [0, 0.1) is 0 Å². The summed E-state index contributed by atoms with van der Waals surface area (Å²) in [5.41, 5.74) is 1.35. The van der Waals surface area contributed by atoms with Crippen molar-refractivity contribution in [1.29, 1.82) is 0 Å². The number of aliphatic hydroxyl groups excluding tert-OH is 1. The summed E-state index contributed by atoms with van der Waals surface area (Å²) in [7, 11) is 0. The van der Waals surface area contributed by atoms with Crippen molar-refractivity contribution < 1.29 is 24.2 Å². The number of hydrogen-bond acceptors (Lipinski definition) is 5. The van der Waals surface area contributed by atoms with Gasteiger partial charge in [0.1, 0.15) is 11.3 Å². The average molecular weight is 446 g/mol. The SMILES string of the molecule is O=C(C1=C(O)C(=O)N(c2cccc(Cl)c2)C1c1ccc(O)cc1)c1cc2ccccc2o1. The molecule has 0 aliphatic carbocycles. The molecule has 1 atom stereocenters. The number of anilines is 1. The lowest BCUT2D eigenvalue weighted by Gasteiger charge is -2.27. The quantitative estimate of drug-likeness (QED) is 0.400. The van der Waals surface area contributed by atoms with Crippen molar-refractivity contribution in [2.75, 3.05) is 4.90 Å². The lowest BCUT2D eigenvalue weighted by Crippen LogP contribution is -2.31. The van der Waals surface area contributed by atoms with Gasteiger partial charge in [0.15, 0.2) is 11.5 Å². The highest BCUT2D eigenvalue weighted by molar-refractivity contribution is 6.31. The van der Waals surface area contributed by atoms with Crippen molar-refractivity contribution in [3.8, 4) is 5.75 Å². The van der Waals surface area contributed by atoms with E-state index in [9.17, 15) is 19.8 Å². The van der Waals surface area contributed by atoms with Gasteiger partial charge >= 0.3 is 0 Å². The standard InChI is InChI=1S/C25H16ClNO5/c26-16-5-3-6-17(13-16)27-22(14-8-10-18(28)11-9-14)21(24(30)25(27)31)23(29)20-12-15-4-1-2-7-19(15)32-20/h1-13,22,28,30H. The van der Waals surface area contributed by atoms with E-state index in [2.05, 4.69) is 0 Å². The molecule has 7 heteroatoms. The number of phenols is 1. The van der Waals surface area contributed by atoms with Crippen molar-refractivity contribution in [2.24, 2.45) is 0 Å². The molecule has 6 nitrogen and oxygen atoms in total. The van der Waals surface area contributed by atoms with E-state index in [1.54, 1.807) is 60.7 Å². The number of hydrogen-bond donors (Lipinski definition) is 2. The molecular weight excluding hydrogens is 430 g/mol. The summed E-state index contributed by atoms with van der Waals surface area (Å²) in [5.74, 6) is -1.95. The number of carbonyl (C=O) groups is 2. The molecule has 0 radical (unpaired) electrons. The van der Waals surface area contributed by atoms with Gasteiger partial charge in [-0.25, -0.2) is 0 Å². The van der Waals surface area contributed by atoms with E-state index in [4.69, 9.17) is 16.0 Å². The Bertz CT molecular complexity index is 1370. The average Bonchev–Trinajstić information content (AvgIpc) is 3.33. The number of furan rings is 1. The fourth-order valence-corrected chi connectivity index (χ4v) is 4.11. The Morgan fingerprint density at radius 3 is 2.41 bits per heavy atom. The zero-order valence-electron chi connectivity index (χ0n) is 16.5. The second kappa shape index (κ2) is 7.59. The first kappa shape index (κ1) is 19.9. The maximum Gasteiger partial charge on any atom is 0.294 e. The summed E-state index contributed by atoms with van der Waals surface area (Å²) in [6.07, 6.45) is 0. The fourth-order valence-electron chi connectivity index (χ4n) is 3.93. The van der Waals surface area contributed by atoms with E-state index in [0.29, 0.717) is 21.9 Å². The highest BCUT2D eigenvalue weighted by Crippen LogP contribution is 2.43. The molecule has 1 aromatic heterocycles. The molecule has 1 aliphatic heterocycles. The first-order valence-corrected chi connectivity index (χ1v) is 10.2. The van der Waals surface area contributed by atoms with Gasteiger partial charge in [-0.15, -0.1) is 0 Å². The van der Waals surface area contributed by atoms with Crippen LogP contribution in [0.15, 0.2) is 94.6 Å². The number of aliphatic hydroxyl groups is 1. The van der Waals surface area contributed by atoms with Gasteiger partial charge < -0.3 is 14.6 Å². The van der Waals surface area contributed by atoms with Gasteiger partial charge in [-0.05, 0) is 48.0 Å². The molecule has 0 saturated carbocycles. The molecule has 0 bridgehead atoms. The topological polar surface area (TPSA) is 91.0 Å². The number of fused-ring (bicyclic) bond motifs is 1. The Morgan fingerprint density at radius 2 is 1.69 bits per heavy atom. The Labute approximate surface area is 187 Å². The molecule has 0 spiro atoms. The molecule has 1 aliphatic rings. The van der Waals surface area contributed by atoms with Crippen LogP contribution < -0.4 is 4.90 Å². The summed E-state index contributed by atoms with van der Waals surface area (Å²) < 4.78 is 5.70. The molecule has 1 unspecified atom stereocenters. The highest BCUT2D eigenvalue weighted by atomic mass is 35.5. The number of Topliss-reactive ketones (excluding diaryl/α,β-unsaturated/α-hetero) is 1. The number of halogens is 1. The fraction of sp³-hybridized carbons (Fsp3) is 0.0400. The first-order chi connectivity index (χ1) is 15.4. The molecule has 0 fully saturated rings. The van der Waals surface area contributed by atoms with Gasteiger partial charge in [0, 0.05) is 16.1 Å². The number of benzene rings is 3. The Balaban J connectivity index is 1.67. The number of amides is 1. The Hall–Kier alpha value is -4.03. The molecule has 3 aromatic carbocycles. The monoisotopic (exact) mass is 445 g/mol. The number of aromatic hydroxyl groups is 1. The molecule has 1 amide bonds. The van der Waals surface area contributed by atoms with E-state index in [0.717, 1.165) is 5.39 Å². The van der Waals surface area contributed by atoms with Crippen molar-refractivity contribution in [3.05, 3.63) is 107 Å². The van der Waals surface area contributed by atoms with Crippen LogP contribution in [0.25, 0.3) is 11.0 Å². The molecule has 2 heterocycles. The number of carbonyl (C=O) groups excluding carboxylic acids is 2. The third-order valence-corrected chi connectivity index (χ3v) is 5.63. The minimum absolute atomic E-state index is 0.0114. The van der Waals surface area contributed by atoms with Gasteiger partial charge in [-0.2, -0.15) is 0 Å². The smallest absolute Gasteiger partial charge is 0.294 e. The van der Waals surface area contributed by atoms with Gasteiger partial charge in [-0.1, -0.05) is 48.0 Å². The van der Waals surface area contributed by atoms with Crippen molar-refractivity contribution in [1.82, 2.24) is 0 Å². The highest BCUT2D eigenvalue weighted by Gasteiger charge is 2.45. The zero-order valence-corrected chi connectivity index (χ0v) is 17.3. The lowest BCUT2D eigenvalue weighted by molar-refractivity contribution is -0.117. The largest absolute Gasteiger partial charge is 0.508 e. The predicted molar refractivity (Wildman–Crippen MR) is 120 cm³/mol. The van der Waals surface area contributed by atoms with Gasteiger partial charge in [0.05, 0.1) is 11.6 Å². The number of phenolic OH excluding ortho intramolecular Hbond substituents is 1. The summed E-state index contributed by atoms with van der Waals surface area (Å²) in [6, 6.07) is 20.5. The van der Waals surface area contributed by atoms with Crippen molar-refractivity contribution in [3.63, 3.8) is 0 Å². The van der Waals surface area contributed by atoms with Gasteiger partial charge in [0.25, 0.3) is 5.91 Å². The van der Waals surface area contributed by atoms with E-state index < -0.39 is 23.5 Å². The number of para-hydroxylation sites is 1. The van der Waals surface area contributed by atoms with Crippen LogP contribution in [0.1, 0.15) is 22.2 Å². The van der Waals surface area contributed by atoms with Crippen LogP contribution in [-0.4, -0.2) is 21.9 Å². The Morgan fingerprint density at radius 1 is 0.938 bits per heavy atom. The third-order valence-electron chi connectivity index (χ3n) is 5.40. The number of nitrogens with zero attached hydrogens (tertiary/aromatic N) is 1. The van der Waals surface area contributed by atoms with Crippen LogP contribution in [0.4, 0.5) is 5.69 Å². The molecule has 158 valence electrons. The second-order valence-corrected chi connectivity index (χ2v) is 7.83. The molecule has 5 rings (SSSR count). The normalized spacial score (nSPS) is 16.2. The molecule has 2 N–H and O–H groups in total. The van der Waals surface area contributed by atoms with E-state index in [1.807, 2.05) is 6.07 Å². The maximum atomic E-state index is 13.5. The first-order valence-electron chi connectivity index (χ1n) is 9.78. The third kappa shape index (κ3) is 3.21. The van der Waals surface area contributed by atoms with Crippen molar-refractivity contribution in [2.45, 2.75) is 6.04 Å². The van der Waals surface area contributed by atoms with Crippen LogP contribution in [0.3, 0.4) is 0 Å². The van der Waals surface area contributed by atoms with Gasteiger partial charge in [0.2, 0.25) is 5.78 Å². The number of ketones is 1. The van der Waals surface area contributed by atoms with E-state index >= 15 is 0 Å². The predicted octanol–water partition coefficient (Wildman–Crippen LogP) is 5.57. The summed E-state index contributed by atoms with van der Waals surface area (Å²) in [5, 5.41) is 21.6. The second-order valence-electron chi connectivity index (χ2n) is 7.39. The van der Waals surface area contributed by atoms with Crippen LogP contribution in [-0.2, 0) is 4.79 Å². The molecule has 32 heavy (non-hydrogen) atoms. The minimum atomic E-state index is -0.942. The van der Waals surface area contributed by atoms with Crippen LogP contribution in [0.2, 0.25) is 5.02 Å². The maximum absolute atomic E-state index is 13.5. The number of rotatable bonds is 4. The molecule has 0 saturated heterocycles. The summed E-state index contributed by atoms with van der Waals surface area (Å²) in [6.45, 7) is 0. The molecular formula is C25H16ClNO5. The van der Waals surface area contributed by atoms with Crippen molar-refractivity contribution >= 4 is 39.9 Å².